The van der Waals surface area contributed by atoms with E-state index in [-0.39, 0.29) is 5.56 Å². The number of hydrogen-bond donors (Lipinski definition) is 1. The molecule has 0 aliphatic heterocycles. The van der Waals surface area contributed by atoms with Gasteiger partial charge in [-0.2, -0.15) is 0 Å². The SMILES string of the molecule is CCCc1nc(C)cc(=O)n1Cc1ccc(OC(C(=O)O)c2ccccc2)cc1. The zero-order valence-electron chi connectivity index (χ0n) is 16.5. The normalized spacial score (nSPS) is 11.8. The molecule has 0 aliphatic carbocycles. The topological polar surface area (TPSA) is 81.4 Å². The van der Waals surface area contributed by atoms with Crippen molar-refractivity contribution in [2.45, 2.75) is 39.3 Å². The van der Waals surface area contributed by atoms with Crippen LogP contribution >= 0.6 is 0 Å². The predicted octanol–water partition coefficient (Wildman–Crippen LogP) is 3.76. The second-order valence-corrected chi connectivity index (χ2v) is 6.88. The second-order valence-electron chi connectivity index (χ2n) is 6.88. The van der Waals surface area contributed by atoms with Crippen molar-refractivity contribution >= 4 is 5.97 Å². The Morgan fingerprint density at radius 3 is 2.45 bits per heavy atom. The van der Waals surface area contributed by atoms with Crippen molar-refractivity contribution in [2.75, 3.05) is 0 Å². The molecule has 0 amide bonds. The molecular weight excluding hydrogens is 368 g/mol. The first-order chi connectivity index (χ1) is 14.0. The second kappa shape index (κ2) is 9.19. The fourth-order valence-corrected chi connectivity index (χ4v) is 3.14. The van der Waals surface area contributed by atoms with Gasteiger partial charge in [0, 0.05) is 23.7 Å². The van der Waals surface area contributed by atoms with E-state index in [1.807, 2.05) is 25.1 Å². The minimum atomic E-state index is -1.08. The molecule has 1 unspecified atom stereocenters. The van der Waals surface area contributed by atoms with Crippen LogP contribution in [0.25, 0.3) is 0 Å². The number of ether oxygens (including phenoxy) is 1. The standard InChI is InChI=1S/C23H24N2O4/c1-3-7-20-24-16(2)14-21(26)25(20)15-17-10-12-19(13-11-17)29-22(23(27)28)18-8-5-4-6-9-18/h4-6,8-14,22H,3,7,15H2,1-2H3,(H,27,28). The number of rotatable bonds is 8. The molecule has 3 rings (SSSR count). The van der Waals surface area contributed by atoms with Crippen LogP contribution in [-0.2, 0) is 17.8 Å². The van der Waals surface area contributed by atoms with Crippen LogP contribution in [0, 0.1) is 6.92 Å². The highest BCUT2D eigenvalue weighted by Gasteiger charge is 2.21. The highest BCUT2D eigenvalue weighted by molar-refractivity contribution is 5.74. The fraction of sp³-hybridized carbons (Fsp3) is 0.261. The van der Waals surface area contributed by atoms with Crippen molar-refractivity contribution in [1.29, 1.82) is 0 Å². The predicted molar refractivity (Wildman–Crippen MR) is 110 cm³/mol. The molecule has 0 aliphatic rings. The Labute approximate surface area is 169 Å². The number of hydrogen-bond acceptors (Lipinski definition) is 4. The van der Waals surface area contributed by atoms with Gasteiger partial charge in [0.25, 0.3) is 5.56 Å². The third kappa shape index (κ3) is 5.10. The Bertz CT molecular complexity index is 1030. The summed E-state index contributed by atoms with van der Waals surface area (Å²) in [6, 6.07) is 17.5. The minimum Gasteiger partial charge on any atom is -0.478 e. The molecule has 1 aromatic heterocycles. The Hall–Kier alpha value is -3.41. The lowest BCUT2D eigenvalue weighted by Crippen LogP contribution is -2.25. The molecule has 150 valence electrons. The van der Waals surface area contributed by atoms with Gasteiger partial charge in [0.2, 0.25) is 6.10 Å². The summed E-state index contributed by atoms with van der Waals surface area (Å²) in [6.45, 7) is 4.28. The van der Waals surface area contributed by atoms with E-state index in [0.29, 0.717) is 17.9 Å². The van der Waals surface area contributed by atoms with Crippen molar-refractivity contribution in [2.24, 2.45) is 0 Å². The van der Waals surface area contributed by atoms with E-state index in [2.05, 4.69) is 11.9 Å². The van der Waals surface area contributed by atoms with Crippen molar-refractivity contribution in [3.8, 4) is 5.75 Å². The number of aryl methyl sites for hydroxylation is 2. The Morgan fingerprint density at radius 2 is 1.83 bits per heavy atom. The van der Waals surface area contributed by atoms with Crippen molar-refractivity contribution in [3.05, 3.63) is 93.7 Å². The summed E-state index contributed by atoms with van der Waals surface area (Å²) in [4.78, 5) is 28.5. The van der Waals surface area contributed by atoms with E-state index in [9.17, 15) is 14.7 Å². The van der Waals surface area contributed by atoms with Gasteiger partial charge in [-0.1, -0.05) is 49.4 Å². The first kappa shape index (κ1) is 20.3. The summed E-state index contributed by atoms with van der Waals surface area (Å²) in [7, 11) is 0. The Kier molecular flexibility index (Phi) is 6.44. The van der Waals surface area contributed by atoms with Crippen molar-refractivity contribution < 1.29 is 14.6 Å². The Balaban J connectivity index is 1.79. The van der Waals surface area contributed by atoms with Gasteiger partial charge in [-0.25, -0.2) is 9.78 Å². The molecule has 1 N–H and O–H groups in total. The molecule has 0 bridgehead atoms. The Morgan fingerprint density at radius 1 is 1.14 bits per heavy atom. The van der Waals surface area contributed by atoms with Crippen LogP contribution in [0.5, 0.6) is 5.75 Å². The van der Waals surface area contributed by atoms with E-state index >= 15 is 0 Å². The van der Waals surface area contributed by atoms with E-state index in [0.717, 1.165) is 29.9 Å². The monoisotopic (exact) mass is 392 g/mol. The van der Waals surface area contributed by atoms with Gasteiger partial charge in [0.15, 0.2) is 0 Å². The van der Waals surface area contributed by atoms with Crippen LogP contribution in [0.2, 0.25) is 0 Å². The van der Waals surface area contributed by atoms with Crippen LogP contribution in [0.3, 0.4) is 0 Å². The summed E-state index contributed by atoms with van der Waals surface area (Å²) in [5.41, 5.74) is 2.13. The number of nitrogens with zero attached hydrogens (tertiary/aromatic N) is 2. The summed E-state index contributed by atoms with van der Waals surface area (Å²) >= 11 is 0. The highest BCUT2D eigenvalue weighted by atomic mass is 16.5. The van der Waals surface area contributed by atoms with Gasteiger partial charge in [0.1, 0.15) is 11.6 Å². The third-order valence-corrected chi connectivity index (χ3v) is 4.53. The smallest absolute Gasteiger partial charge is 0.349 e. The quantitative estimate of drug-likeness (QED) is 0.631. The van der Waals surface area contributed by atoms with Gasteiger partial charge >= 0.3 is 5.97 Å². The van der Waals surface area contributed by atoms with Crippen molar-refractivity contribution in [3.63, 3.8) is 0 Å². The average molecular weight is 392 g/mol. The van der Waals surface area contributed by atoms with Crippen LogP contribution in [0.4, 0.5) is 0 Å². The third-order valence-electron chi connectivity index (χ3n) is 4.53. The molecule has 2 aromatic carbocycles. The molecule has 6 heteroatoms. The number of benzene rings is 2. The highest BCUT2D eigenvalue weighted by Crippen LogP contribution is 2.23. The number of carboxylic acid groups (broad SMARTS) is 1. The first-order valence-corrected chi connectivity index (χ1v) is 9.58. The minimum absolute atomic E-state index is 0.0729. The molecule has 0 radical (unpaired) electrons. The number of aromatic nitrogens is 2. The maximum atomic E-state index is 12.4. The van der Waals surface area contributed by atoms with Crippen LogP contribution < -0.4 is 10.3 Å². The fourth-order valence-electron chi connectivity index (χ4n) is 3.14. The molecular formula is C23H24N2O4. The maximum absolute atomic E-state index is 12.4. The maximum Gasteiger partial charge on any atom is 0.349 e. The molecule has 0 spiro atoms. The summed E-state index contributed by atoms with van der Waals surface area (Å²) in [5, 5.41) is 9.50. The van der Waals surface area contributed by atoms with Gasteiger partial charge in [-0.05, 0) is 31.0 Å². The van der Waals surface area contributed by atoms with E-state index in [1.54, 1.807) is 41.0 Å². The van der Waals surface area contributed by atoms with E-state index < -0.39 is 12.1 Å². The summed E-state index contributed by atoms with van der Waals surface area (Å²) < 4.78 is 7.37. The number of carboxylic acids is 1. The lowest BCUT2D eigenvalue weighted by atomic mass is 10.1. The zero-order chi connectivity index (χ0) is 20.8. The van der Waals surface area contributed by atoms with Crippen LogP contribution in [0.1, 0.15) is 42.1 Å². The summed E-state index contributed by atoms with van der Waals surface area (Å²) in [5.74, 6) is 0.169. The van der Waals surface area contributed by atoms with Crippen LogP contribution in [0.15, 0.2) is 65.5 Å². The van der Waals surface area contributed by atoms with Gasteiger partial charge in [-0.15, -0.1) is 0 Å². The zero-order valence-corrected chi connectivity index (χ0v) is 16.5. The average Bonchev–Trinajstić information content (AvgIpc) is 2.70. The van der Waals surface area contributed by atoms with E-state index in [4.69, 9.17) is 4.74 Å². The molecule has 0 saturated carbocycles. The molecule has 1 atom stereocenters. The molecule has 29 heavy (non-hydrogen) atoms. The largest absolute Gasteiger partial charge is 0.478 e. The van der Waals surface area contributed by atoms with Gasteiger partial charge in [-0.3, -0.25) is 9.36 Å². The number of aliphatic carboxylic acids is 1. The lowest BCUT2D eigenvalue weighted by Gasteiger charge is -2.16. The lowest BCUT2D eigenvalue weighted by molar-refractivity contribution is -0.145. The molecule has 1 heterocycles. The van der Waals surface area contributed by atoms with Crippen LogP contribution in [-0.4, -0.2) is 20.6 Å². The van der Waals surface area contributed by atoms with E-state index in [1.165, 1.54) is 6.07 Å². The molecule has 0 saturated heterocycles. The molecule has 3 aromatic rings. The summed E-state index contributed by atoms with van der Waals surface area (Å²) in [6.07, 6.45) is 0.552. The number of carbonyl (C=O) groups is 1. The molecule has 6 nitrogen and oxygen atoms in total. The first-order valence-electron chi connectivity index (χ1n) is 9.58. The van der Waals surface area contributed by atoms with Gasteiger partial charge in [0.05, 0.1) is 6.54 Å². The molecule has 0 fully saturated rings. The van der Waals surface area contributed by atoms with Crippen molar-refractivity contribution in [1.82, 2.24) is 9.55 Å². The van der Waals surface area contributed by atoms with Gasteiger partial charge < -0.3 is 9.84 Å².